The van der Waals surface area contributed by atoms with E-state index in [-0.39, 0.29) is 6.54 Å². The van der Waals surface area contributed by atoms with Gasteiger partial charge < -0.3 is 0 Å². The van der Waals surface area contributed by atoms with Gasteiger partial charge >= 0.3 is 0 Å². The lowest BCUT2D eigenvalue weighted by Crippen LogP contribution is -2.26. The van der Waals surface area contributed by atoms with Gasteiger partial charge in [0.2, 0.25) is 10.0 Å². The Morgan fingerprint density at radius 1 is 1.00 bits per heavy atom. The summed E-state index contributed by atoms with van der Waals surface area (Å²) in [5.41, 5.74) is 1.14. The molecule has 1 N–H and O–H groups in total. The number of sulfonamides is 1. The second-order valence-corrected chi connectivity index (χ2v) is 7.09. The molecule has 7 heteroatoms. The van der Waals surface area contributed by atoms with Crippen LogP contribution in [0.2, 0.25) is 0 Å². The molecule has 0 aliphatic heterocycles. The fraction of sp³-hybridized carbons (Fsp3) is 0.222. The molecule has 0 unspecified atom stereocenters. The minimum Gasteiger partial charge on any atom is -0.291 e. The van der Waals surface area contributed by atoms with Gasteiger partial charge in [-0.05, 0) is 24.7 Å². The summed E-state index contributed by atoms with van der Waals surface area (Å²) >= 11 is 0. The van der Waals surface area contributed by atoms with Gasteiger partial charge in [0.15, 0.2) is 4.90 Å². The molecular weight excluding hydrogens is 346 g/mol. The SMILES string of the molecule is CN(CC#CCNS(=O)(=O)c1c(F)cccc1F)Cc1ccccc1. The van der Waals surface area contributed by atoms with E-state index in [0.717, 1.165) is 23.8 Å². The quantitative estimate of drug-likeness (QED) is 0.801. The van der Waals surface area contributed by atoms with E-state index < -0.39 is 26.6 Å². The fourth-order valence-corrected chi connectivity index (χ4v) is 3.20. The van der Waals surface area contributed by atoms with Gasteiger partial charge in [-0.2, -0.15) is 4.72 Å². The summed E-state index contributed by atoms with van der Waals surface area (Å²) in [6, 6.07) is 12.7. The summed E-state index contributed by atoms with van der Waals surface area (Å²) < 4.78 is 53.0. The number of hydrogen-bond donors (Lipinski definition) is 1. The summed E-state index contributed by atoms with van der Waals surface area (Å²) in [5, 5.41) is 0. The molecule has 0 saturated carbocycles. The van der Waals surface area contributed by atoms with Crippen LogP contribution in [0.5, 0.6) is 0 Å². The predicted octanol–water partition coefficient (Wildman–Crippen LogP) is 2.38. The molecule has 0 spiro atoms. The molecule has 0 atom stereocenters. The van der Waals surface area contributed by atoms with Crippen LogP contribution in [-0.2, 0) is 16.6 Å². The van der Waals surface area contributed by atoms with Crippen molar-refractivity contribution in [3.63, 3.8) is 0 Å². The number of nitrogens with one attached hydrogen (secondary N) is 1. The summed E-state index contributed by atoms with van der Waals surface area (Å²) in [5.74, 6) is 3.19. The van der Waals surface area contributed by atoms with Crippen LogP contribution in [0.15, 0.2) is 53.4 Å². The summed E-state index contributed by atoms with van der Waals surface area (Å²) in [4.78, 5) is 0.978. The first-order chi connectivity index (χ1) is 11.9. The third kappa shape index (κ3) is 5.64. The molecule has 132 valence electrons. The van der Waals surface area contributed by atoms with Crippen molar-refractivity contribution in [1.82, 2.24) is 9.62 Å². The maximum absolute atomic E-state index is 13.5. The van der Waals surface area contributed by atoms with Crippen molar-refractivity contribution in [3.8, 4) is 11.8 Å². The second kappa shape index (κ2) is 8.72. The minimum atomic E-state index is -4.29. The lowest BCUT2D eigenvalue weighted by molar-refractivity contribution is 0.369. The van der Waals surface area contributed by atoms with Crippen LogP contribution in [0.4, 0.5) is 8.78 Å². The van der Waals surface area contributed by atoms with Crippen molar-refractivity contribution < 1.29 is 17.2 Å². The zero-order chi connectivity index (χ0) is 18.3. The van der Waals surface area contributed by atoms with Crippen LogP contribution in [0.25, 0.3) is 0 Å². The van der Waals surface area contributed by atoms with Crippen molar-refractivity contribution in [3.05, 3.63) is 65.7 Å². The van der Waals surface area contributed by atoms with Crippen molar-refractivity contribution >= 4 is 10.0 Å². The number of benzene rings is 2. The minimum absolute atomic E-state index is 0.227. The topological polar surface area (TPSA) is 49.4 Å². The van der Waals surface area contributed by atoms with Crippen LogP contribution >= 0.6 is 0 Å². The molecule has 0 heterocycles. The fourth-order valence-electron chi connectivity index (χ4n) is 2.15. The lowest BCUT2D eigenvalue weighted by atomic mass is 10.2. The number of halogens is 2. The third-order valence-corrected chi connectivity index (χ3v) is 4.76. The maximum Gasteiger partial charge on any atom is 0.247 e. The maximum atomic E-state index is 13.5. The van der Waals surface area contributed by atoms with Crippen LogP contribution < -0.4 is 4.72 Å². The summed E-state index contributed by atoms with van der Waals surface area (Å²) in [6.07, 6.45) is 0. The monoisotopic (exact) mass is 364 g/mol. The van der Waals surface area contributed by atoms with Gasteiger partial charge in [-0.15, -0.1) is 0 Å². The largest absolute Gasteiger partial charge is 0.291 e. The molecule has 0 aliphatic rings. The number of rotatable bonds is 6. The highest BCUT2D eigenvalue weighted by molar-refractivity contribution is 7.89. The van der Waals surface area contributed by atoms with Crippen molar-refractivity contribution in [1.29, 1.82) is 0 Å². The third-order valence-electron chi connectivity index (χ3n) is 3.31. The zero-order valence-electron chi connectivity index (χ0n) is 13.7. The second-order valence-electron chi connectivity index (χ2n) is 5.39. The predicted molar refractivity (Wildman–Crippen MR) is 92.1 cm³/mol. The molecule has 2 aromatic carbocycles. The molecule has 25 heavy (non-hydrogen) atoms. The van der Waals surface area contributed by atoms with Gasteiger partial charge in [0.05, 0.1) is 13.1 Å². The smallest absolute Gasteiger partial charge is 0.247 e. The number of nitrogens with zero attached hydrogens (tertiary/aromatic N) is 1. The molecule has 2 aromatic rings. The Kier molecular flexibility index (Phi) is 6.65. The molecular formula is C18H18F2N2O2S. The zero-order valence-corrected chi connectivity index (χ0v) is 14.5. The molecule has 0 aliphatic carbocycles. The first-order valence-corrected chi connectivity index (χ1v) is 9.00. The number of hydrogen-bond acceptors (Lipinski definition) is 3. The van der Waals surface area contributed by atoms with Crippen LogP contribution in [-0.4, -0.2) is 33.5 Å². The Balaban J connectivity index is 1.87. The van der Waals surface area contributed by atoms with Crippen molar-refractivity contribution in [2.45, 2.75) is 11.4 Å². The van der Waals surface area contributed by atoms with Crippen LogP contribution in [0.1, 0.15) is 5.56 Å². The molecule has 0 aromatic heterocycles. The van der Waals surface area contributed by atoms with Crippen LogP contribution in [0.3, 0.4) is 0 Å². The first kappa shape index (κ1) is 19.1. The molecule has 0 fully saturated rings. The Morgan fingerprint density at radius 3 is 2.28 bits per heavy atom. The Labute approximate surface area is 146 Å². The molecule has 0 amide bonds. The van der Waals surface area contributed by atoms with E-state index in [4.69, 9.17) is 0 Å². The van der Waals surface area contributed by atoms with E-state index in [0.29, 0.717) is 13.1 Å². The molecule has 0 saturated heterocycles. The van der Waals surface area contributed by atoms with Gasteiger partial charge in [-0.25, -0.2) is 17.2 Å². The van der Waals surface area contributed by atoms with E-state index in [2.05, 4.69) is 16.6 Å². The van der Waals surface area contributed by atoms with Crippen molar-refractivity contribution in [2.75, 3.05) is 20.1 Å². The van der Waals surface area contributed by atoms with Gasteiger partial charge in [0.1, 0.15) is 11.6 Å². The average molecular weight is 364 g/mol. The highest BCUT2D eigenvalue weighted by Crippen LogP contribution is 2.17. The highest BCUT2D eigenvalue weighted by Gasteiger charge is 2.22. The first-order valence-electron chi connectivity index (χ1n) is 7.52. The van der Waals surface area contributed by atoms with E-state index in [1.54, 1.807) is 0 Å². The lowest BCUT2D eigenvalue weighted by Gasteiger charge is -2.12. The van der Waals surface area contributed by atoms with Crippen LogP contribution in [0, 0.1) is 23.5 Å². The molecule has 0 radical (unpaired) electrons. The van der Waals surface area contributed by atoms with Gasteiger partial charge in [0.25, 0.3) is 0 Å². The summed E-state index contributed by atoms with van der Waals surface area (Å²) in [7, 11) is -2.40. The van der Waals surface area contributed by atoms with Gasteiger partial charge in [0, 0.05) is 6.54 Å². The van der Waals surface area contributed by atoms with Gasteiger partial charge in [-0.3, -0.25) is 4.90 Å². The van der Waals surface area contributed by atoms with E-state index in [9.17, 15) is 17.2 Å². The Morgan fingerprint density at radius 2 is 1.64 bits per heavy atom. The van der Waals surface area contributed by atoms with E-state index in [1.165, 1.54) is 0 Å². The van der Waals surface area contributed by atoms with E-state index >= 15 is 0 Å². The van der Waals surface area contributed by atoms with Gasteiger partial charge in [-0.1, -0.05) is 48.2 Å². The standard InChI is InChI=1S/C18H18F2N2O2S/c1-22(14-15-8-3-2-4-9-15)13-6-5-12-21-25(23,24)18-16(19)10-7-11-17(18)20/h2-4,7-11,21H,12-14H2,1H3. The molecule has 0 bridgehead atoms. The highest BCUT2D eigenvalue weighted by atomic mass is 32.2. The molecule has 2 rings (SSSR count). The van der Waals surface area contributed by atoms with Crippen molar-refractivity contribution in [2.24, 2.45) is 0 Å². The Bertz CT molecular complexity index is 855. The Hall–Kier alpha value is -2.27. The summed E-state index contributed by atoms with van der Waals surface area (Å²) in [6.45, 7) is 0.918. The molecule has 4 nitrogen and oxygen atoms in total. The van der Waals surface area contributed by atoms with E-state index in [1.807, 2.05) is 42.3 Å². The normalized spacial score (nSPS) is 11.2. The average Bonchev–Trinajstić information content (AvgIpc) is 2.55.